The second kappa shape index (κ2) is 7.37. The molecule has 1 aromatic carbocycles. The molecule has 1 aromatic rings. The smallest absolute Gasteiger partial charge is 0.0464 e. The average molecular weight is 320 g/mol. The Kier molecular flexibility index (Phi) is 6.49. The summed E-state index contributed by atoms with van der Waals surface area (Å²) >= 11 is 9.58. The highest BCUT2D eigenvalue weighted by Crippen LogP contribution is 2.26. The normalized spacial score (nSPS) is 13.1. The van der Waals surface area contributed by atoms with Gasteiger partial charge in [-0.2, -0.15) is 0 Å². The first-order valence-electron chi connectivity index (χ1n) is 6.01. The topological polar surface area (TPSA) is 29.3 Å². The van der Waals surface area contributed by atoms with Crippen LogP contribution >= 0.6 is 27.5 Å². The summed E-state index contributed by atoms with van der Waals surface area (Å²) in [4.78, 5) is 2.37. The second-order valence-corrected chi connectivity index (χ2v) is 5.41. The third-order valence-electron chi connectivity index (χ3n) is 3.01. The predicted octanol–water partition coefficient (Wildman–Crippen LogP) is 3.83. The van der Waals surface area contributed by atoms with Crippen molar-refractivity contribution < 1.29 is 0 Å². The minimum absolute atomic E-state index is 0.0104. The van der Waals surface area contributed by atoms with Crippen molar-refractivity contribution in [3.05, 3.63) is 33.3 Å². The fraction of sp³-hybridized carbons (Fsp3) is 0.538. The first-order chi connectivity index (χ1) is 8.08. The minimum Gasteiger partial charge on any atom is -0.324 e. The van der Waals surface area contributed by atoms with Gasteiger partial charge >= 0.3 is 0 Å². The zero-order chi connectivity index (χ0) is 12.8. The van der Waals surface area contributed by atoms with Gasteiger partial charge in [0.25, 0.3) is 0 Å². The van der Waals surface area contributed by atoms with E-state index in [2.05, 4.69) is 34.7 Å². The highest BCUT2D eigenvalue weighted by Gasteiger charge is 2.11. The van der Waals surface area contributed by atoms with Gasteiger partial charge in [0.15, 0.2) is 0 Å². The van der Waals surface area contributed by atoms with Crippen molar-refractivity contribution in [2.75, 3.05) is 19.6 Å². The van der Waals surface area contributed by atoms with Crippen molar-refractivity contribution >= 4 is 27.5 Å². The van der Waals surface area contributed by atoms with Crippen LogP contribution in [-0.2, 0) is 0 Å². The molecule has 0 fully saturated rings. The fourth-order valence-electron chi connectivity index (χ4n) is 1.82. The number of nitrogens with two attached hydrogens (primary N) is 1. The molecule has 2 nitrogen and oxygen atoms in total. The van der Waals surface area contributed by atoms with Gasteiger partial charge in [-0.15, -0.1) is 0 Å². The van der Waals surface area contributed by atoms with Crippen LogP contribution in [0.5, 0.6) is 0 Å². The van der Waals surface area contributed by atoms with Crippen molar-refractivity contribution in [1.82, 2.24) is 4.90 Å². The largest absolute Gasteiger partial charge is 0.324 e. The fourth-order valence-corrected chi connectivity index (χ4v) is 2.63. The molecule has 17 heavy (non-hydrogen) atoms. The average Bonchev–Trinajstić information content (AvgIpc) is 2.30. The Morgan fingerprint density at radius 2 is 2.00 bits per heavy atom. The van der Waals surface area contributed by atoms with Crippen LogP contribution in [-0.4, -0.2) is 24.5 Å². The van der Waals surface area contributed by atoms with Gasteiger partial charge in [-0.3, -0.25) is 0 Å². The Bertz CT molecular complexity index is 353. The van der Waals surface area contributed by atoms with E-state index in [0.29, 0.717) is 0 Å². The summed E-state index contributed by atoms with van der Waals surface area (Å²) in [5.41, 5.74) is 7.21. The molecule has 4 heteroatoms. The van der Waals surface area contributed by atoms with E-state index < -0.39 is 0 Å². The number of halogens is 2. The van der Waals surface area contributed by atoms with Gasteiger partial charge in [0.2, 0.25) is 0 Å². The van der Waals surface area contributed by atoms with Gasteiger partial charge in [-0.05, 0) is 43.8 Å². The van der Waals surface area contributed by atoms with Crippen molar-refractivity contribution in [3.63, 3.8) is 0 Å². The van der Waals surface area contributed by atoms with Crippen LogP contribution in [0, 0.1) is 0 Å². The van der Waals surface area contributed by atoms with Crippen molar-refractivity contribution in [1.29, 1.82) is 0 Å². The monoisotopic (exact) mass is 318 g/mol. The SMILES string of the molecule is CCN(CC)CCC(N)c1ccc(Br)cc1Cl. The molecule has 0 heterocycles. The van der Waals surface area contributed by atoms with E-state index in [1.165, 1.54) is 0 Å². The van der Waals surface area contributed by atoms with Gasteiger partial charge < -0.3 is 10.6 Å². The highest BCUT2D eigenvalue weighted by atomic mass is 79.9. The van der Waals surface area contributed by atoms with Crippen LogP contribution in [0.3, 0.4) is 0 Å². The molecular formula is C13H20BrClN2. The summed E-state index contributed by atoms with van der Waals surface area (Å²) in [5, 5.41) is 0.742. The van der Waals surface area contributed by atoms with Crippen LogP contribution in [0.1, 0.15) is 31.9 Å². The molecule has 1 atom stereocenters. The van der Waals surface area contributed by atoms with E-state index >= 15 is 0 Å². The molecule has 2 N–H and O–H groups in total. The number of hydrogen-bond donors (Lipinski definition) is 1. The quantitative estimate of drug-likeness (QED) is 0.863. The first kappa shape index (κ1) is 15.0. The molecule has 0 aliphatic rings. The molecule has 0 saturated carbocycles. The zero-order valence-corrected chi connectivity index (χ0v) is 12.8. The van der Waals surface area contributed by atoms with Gasteiger partial charge in [0.05, 0.1) is 0 Å². The van der Waals surface area contributed by atoms with Gasteiger partial charge in [-0.25, -0.2) is 0 Å². The first-order valence-corrected chi connectivity index (χ1v) is 7.18. The van der Waals surface area contributed by atoms with Crippen LogP contribution in [0.25, 0.3) is 0 Å². The lowest BCUT2D eigenvalue weighted by Gasteiger charge is -2.21. The van der Waals surface area contributed by atoms with Crippen LogP contribution in [0.15, 0.2) is 22.7 Å². The Morgan fingerprint density at radius 3 is 2.53 bits per heavy atom. The lowest BCUT2D eigenvalue weighted by Crippen LogP contribution is -2.27. The summed E-state index contributed by atoms with van der Waals surface area (Å²) in [7, 11) is 0. The second-order valence-electron chi connectivity index (χ2n) is 4.09. The molecule has 0 aliphatic heterocycles. The number of hydrogen-bond acceptors (Lipinski definition) is 2. The summed E-state index contributed by atoms with van der Waals surface area (Å²) in [6, 6.07) is 5.89. The molecule has 0 saturated heterocycles. The van der Waals surface area contributed by atoms with E-state index in [1.54, 1.807) is 0 Å². The molecule has 0 aromatic heterocycles. The highest BCUT2D eigenvalue weighted by molar-refractivity contribution is 9.10. The lowest BCUT2D eigenvalue weighted by atomic mass is 10.0. The Hall–Kier alpha value is -0.0900. The molecule has 0 radical (unpaired) electrons. The summed E-state index contributed by atoms with van der Waals surface area (Å²) in [6.07, 6.45) is 0.934. The summed E-state index contributed by atoms with van der Waals surface area (Å²) < 4.78 is 0.988. The molecule has 1 rings (SSSR count). The predicted molar refractivity (Wildman–Crippen MR) is 78.5 cm³/mol. The molecular weight excluding hydrogens is 300 g/mol. The molecule has 1 unspecified atom stereocenters. The zero-order valence-electron chi connectivity index (χ0n) is 10.4. The maximum absolute atomic E-state index is 6.18. The Balaban J connectivity index is 2.60. The summed E-state index contributed by atoms with van der Waals surface area (Å²) in [6.45, 7) is 7.48. The molecule has 0 bridgehead atoms. The lowest BCUT2D eigenvalue weighted by molar-refractivity contribution is 0.291. The van der Waals surface area contributed by atoms with Crippen LogP contribution in [0.2, 0.25) is 5.02 Å². The van der Waals surface area contributed by atoms with Crippen molar-refractivity contribution in [2.45, 2.75) is 26.3 Å². The molecule has 0 amide bonds. The standard InChI is InChI=1S/C13H20BrClN2/c1-3-17(4-2)8-7-13(16)11-6-5-10(14)9-12(11)15/h5-6,9,13H,3-4,7-8,16H2,1-2H3. The van der Waals surface area contributed by atoms with Crippen LogP contribution < -0.4 is 5.73 Å². The Labute approximate surface area is 117 Å². The van der Waals surface area contributed by atoms with E-state index in [0.717, 1.165) is 41.1 Å². The van der Waals surface area contributed by atoms with E-state index in [-0.39, 0.29) is 6.04 Å². The van der Waals surface area contributed by atoms with Gasteiger partial charge in [0.1, 0.15) is 0 Å². The van der Waals surface area contributed by atoms with E-state index in [1.807, 2.05) is 18.2 Å². The number of benzene rings is 1. The summed E-state index contributed by atoms with van der Waals surface area (Å²) in [5.74, 6) is 0. The number of rotatable bonds is 6. The third-order valence-corrected chi connectivity index (χ3v) is 3.83. The Morgan fingerprint density at radius 1 is 1.35 bits per heavy atom. The molecule has 96 valence electrons. The molecule has 0 aliphatic carbocycles. The maximum atomic E-state index is 6.18. The van der Waals surface area contributed by atoms with E-state index in [9.17, 15) is 0 Å². The molecule has 0 spiro atoms. The maximum Gasteiger partial charge on any atom is 0.0464 e. The van der Waals surface area contributed by atoms with Gasteiger partial charge in [-0.1, -0.05) is 47.4 Å². The van der Waals surface area contributed by atoms with Crippen molar-refractivity contribution in [3.8, 4) is 0 Å². The van der Waals surface area contributed by atoms with E-state index in [4.69, 9.17) is 17.3 Å². The minimum atomic E-state index is 0.0104. The third kappa shape index (κ3) is 4.59. The van der Waals surface area contributed by atoms with Crippen LogP contribution in [0.4, 0.5) is 0 Å². The number of nitrogens with zero attached hydrogens (tertiary/aromatic N) is 1. The van der Waals surface area contributed by atoms with Gasteiger partial charge in [0, 0.05) is 15.5 Å². The van der Waals surface area contributed by atoms with Crippen molar-refractivity contribution in [2.24, 2.45) is 5.73 Å².